The van der Waals surface area contributed by atoms with Gasteiger partial charge in [0.2, 0.25) is 0 Å². The van der Waals surface area contributed by atoms with Crippen LogP contribution in [0.5, 0.6) is 0 Å². The van der Waals surface area contributed by atoms with Crippen molar-refractivity contribution in [2.45, 2.75) is 34.6 Å². The van der Waals surface area contributed by atoms with Crippen LogP contribution >= 0.6 is 0 Å². The molecule has 0 radical (unpaired) electrons. The smallest absolute Gasteiger partial charge is 0.0102 e. The van der Waals surface area contributed by atoms with Crippen molar-refractivity contribution in [3.05, 3.63) is 70.8 Å². The van der Waals surface area contributed by atoms with Crippen molar-refractivity contribution in [2.75, 3.05) is 0 Å². The normalized spacial score (nSPS) is 16.4. The summed E-state index contributed by atoms with van der Waals surface area (Å²) in [7, 11) is 0. The molecule has 0 nitrogen and oxygen atoms in total. The fourth-order valence-corrected chi connectivity index (χ4v) is 2.47. The van der Waals surface area contributed by atoms with Crippen molar-refractivity contribution in [1.82, 2.24) is 0 Å². The lowest BCUT2D eigenvalue weighted by Crippen LogP contribution is -1.82. The maximum Gasteiger partial charge on any atom is -0.0102 e. The zero-order valence-corrected chi connectivity index (χ0v) is 13.2. The lowest BCUT2D eigenvalue weighted by Gasteiger charge is -2.02. The maximum atomic E-state index is 2.28. The number of benzene rings is 1. The van der Waals surface area contributed by atoms with Gasteiger partial charge in [0.15, 0.2) is 0 Å². The Labute approximate surface area is 123 Å². The summed E-state index contributed by atoms with van der Waals surface area (Å²) in [6.07, 6.45) is 9.01. The molecular formula is C20H24. The van der Waals surface area contributed by atoms with Gasteiger partial charge in [-0.3, -0.25) is 0 Å². The molecule has 2 rings (SSSR count). The van der Waals surface area contributed by atoms with Crippen LogP contribution in [0.2, 0.25) is 0 Å². The predicted octanol–water partition coefficient (Wildman–Crippen LogP) is 6.04. The molecule has 0 heterocycles. The van der Waals surface area contributed by atoms with Gasteiger partial charge in [0.1, 0.15) is 0 Å². The van der Waals surface area contributed by atoms with Crippen LogP contribution in [0.25, 0.3) is 11.1 Å². The van der Waals surface area contributed by atoms with Gasteiger partial charge in [-0.05, 0) is 54.5 Å². The van der Waals surface area contributed by atoms with Crippen LogP contribution in [0.1, 0.15) is 45.7 Å². The molecular weight excluding hydrogens is 240 g/mol. The Kier molecular flexibility index (Phi) is 4.44. The highest BCUT2D eigenvalue weighted by Crippen LogP contribution is 2.41. The van der Waals surface area contributed by atoms with E-state index >= 15 is 0 Å². The molecule has 1 aromatic rings. The van der Waals surface area contributed by atoms with Crippen LogP contribution in [0.3, 0.4) is 0 Å². The Morgan fingerprint density at radius 1 is 1.05 bits per heavy atom. The van der Waals surface area contributed by atoms with Gasteiger partial charge in [0, 0.05) is 0 Å². The van der Waals surface area contributed by atoms with Crippen LogP contribution < -0.4 is 0 Å². The molecule has 0 N–H and O–H groups in total. The summed E-state index contributed by atoms with van der Waals surface area (Å²) in [6, 6.07) is 8.69. The fraction of sp³-hybridized carbons (Fsp3) is 0.300. The summed E-state index contributed by atoms with van der Waals surface area (Å²) in [5.41, 5.74) is 8.13. The van der Waals surface area contributed by atoms with Gasteiger partial charge < -0.3 is 0 Å². The second-order valence-corrected chi connectivity index (χ2v) is 6.01. The van der Waals surface area contributed by atoms with E-state index < -0.39 is 0 Å². The molecule has 1 aromatic carbocycles. The van der Waals surface area contributed by atoms with E-state index in [-0.39, 0.29) is 0 Å². The van der Waals surface area contributed by atoms with Crippen molar-refractivity contribution in [1.29, 1.82) is 0 Å². The van der Waals surface area contributed by atoms with Crippen LogP contribution in [0, 0.1) is 5.92 Å². The van der Waals surface area contributed by atoms with Crippen molar-refractivity contribution < 1.29 is 0 Å². The predicted molar refractivity (Wildman–Crippen MR) is 90.4 cm³/mol. The Bertz CT molecular complexity index is 615. The molecule has 0 bridgehead atoms. The quantitative estimate of drug-likeness (QED) is 0.624. The molecule has 0 saturated heterocycles. The minimum absolute atomic E-state index is 0.577. The van der Waals surface area contributed by atoms with Gasteiger partial charge in [-0.2, -0.15) is 0 Å². The average molecular weight is 264 g/mol. The number of hydrogen-bond acceptors (Lipinski definition) is 0. The van der Waals surface area contributed by atoms with Crippen LogP contribution in [-0.2, 0) is 0 Å². The highest BCUT2D eigenvalue weighted by atomic mass is 14.2. The van der Waals surface area contributed by atoms with Crippen molar-refractivity contribution >= 4 is 11.1 Å². The van der Waals surface area contributed by atoms with Gasteiger partial charge in [-0.25, -0.2) is 0 Å². The lowest BCUT2D eigenvalue weighted by atomic mass is 10.0. The molecule has 0 atom stereocenters. The molecule has 1 aliphatic rings. The first kappa shape index (κ1) is 14.6. The first-order valence-electron chi connectivity index (χ1n) is 7.35. The number of fused-ring (bicyclic) bond motifs is 1. The molecule has 0 spiro atoms. The number of rotatable bonds is 3. The molecule has 0 amide bonds. The molecule has 0 aromatic heterocycles. The largest absolute Gasteiger partial charge is 0.0813 e. The van der Waals surface area contributed by atoms with Crippen molar-refractivity contribution in [3.63, 3.8) is 0 Å². The maximum absolute atomic E-state index is 2.28. The van der Waals surface area contributed by atoms with E-state index in [1.807, 2.05) is 0 Å². The third kappa shape index (κ3) is 3.01. The van der Waals surface area contributed by atoms with Crippen LogP contribution in [-0.4, -0.2) is 0 Å². The van der Waals surface area contributed by atoms with Gasteiger partial charge in [-0.15, -0.1) is 0 Å². The van der Waals surface area contributed by atoms with E-state index in [9.17, 15) is 0 Å². The molecule has 0 heteroatoms. The molecule has 0 saturated carbocycles. The summed E-state index contributed by atoms with van der Waals surface area (Å²) in [6.45, 7) is 10.9. The monoisotopic (exact) mass is 264 g/mol. The Hall–Kier alpha value is -1.82. The minimum atomic E-state index is 0.577. The fourth-order valence-electron chi connectivity index (χ4n) is 2.47. The Morgan fingerprint density at radius 2 is 1.70 bits per heavy atom. The van der Waals surface area contributed by atoms with Gasteiger partial charge in [0.05, 0.1) is 0 Å². The van der Waals surface area contributed by atoms with Gasteiger partial charge >= 0.3 is 0 Å². The SMILES string of the molecule is CC(C)=C/C=C1C(C)=C(/C=C/C(C)C)c2ccccc2/1. The molecule has 0 unspecified atom stereocenters. The second-order valence-electron chi connectivity index (χ2n) is 6.01. The first-order chi connectivity index (χ1) is 9.50. The first-order valence-corrected chi connectivity index (χ1v) is 7.35. The van der Waals surface area contributed by atoms with Crippen LogP contribution in [0.4, 0.5) is 0 Å². The van der Waals surface area contributed by atoms with E-state index in [0.717, 1.165) is 0 Å². The van der Waals surface area contributed by atoms with E-state index in [4.69, 9.17) is 0 Å². The number of hydrogen-bond donors (Lipinski definition) is 0. The topological polar surface area (TPSA) is 0 Å². The van der Waals surface area contributed by atoms with E-state index in [0.29, 0.717) is 5.92 Å². The van der Waals surface area contributed by atoms with Gasteiger partial charge in [-0.1, -0.05) is 68.0 Å². The summed E-state index contributed by atoms with van der Waals surface area (Å²) in [4.78, 5) is 0. The molecule has 0 fully saturated rings. The van der Waals surface area contributed by atoms with Crippen molar-refractivity contribution in [3.8, 4) is 0 Å². The molecule has 0 aliphatic heterocycles. The zero-order valence-electron chi connectivity index (χ0n) is 13.2. The standard InChI is InChI=1S/C20H24/c1-14(2)10-12-17-16(5)18(13-11-15(3)4)20-9-7-6-8-19(17)20/h6-14H,1-5H3/b12-10+,18-13-. The summed E-state index contributed by atoms with van der Waals surface area (Å²) >= 11 is 0. The second kappa shape index (κ2) is 6.09. The molecule has 20 heavy (non-hydrogen) atoms. The average Bonchev–Trinajstić information content (AvgIpc) is 2.66. The number of allylic oxidation sites excluding steroid dienone is 8. The minimum Gasteiger partial charge on any atom is -0.0813 e. The lowest BCUT2D eigenvalue weighted by molar-refractivity contribution is 0.832. The summed E-state index contributed by atoms with van der Waals surface area (Å²) in [5, 5.41) is 0. The Morgan fingerprint density at radius 3 is 2.30 bits per heavy atom. The van der Waals surface area contributed by atoms with Crippen molar-refractivity contribution in [2.24, 2.45) is 5.92 Å². The zero-order chi connectivity index (χ0) is 14.7. The van der Waals surface area contributed by atoms with E-state index in [1.165, 1.54) is 33.4 Å². The third-order valence-electron chi connectivity index (χ3n) is 3.55. The van der Waals surface area contributed by atoms with E-state index in [2.05, 4.69) is 83.2 Å². The molecule has 104 valence electrons. The van der Waals surface area contributed by atoms with E-state index in [1.54, 1.807) is 0 Å². The summed E-state index contributed by atoms with van der Waals surface area (Å²) < 4.78 is 0. The Balaban J connectivity index is 2.55. The molecule has 1 aliphatic carbocycles. The highest BCUT2D eigenvalue weighted by molar-refractivity contribution is 6.02. The summed E-state index contributed by atoms with van der Waals surface area (Å²) in [5.74, 6) is 0.577. The van der Waals surface area contributed by atoms with Crippen LogP contribution in [0.15, 0.2) is 59.7 Å². The highest BCUT2D eigenvalue weighted by Gasteiger charge is 2.20. The third-order valence-corrected chi connectivity index (χ3v) is 3.55. The van der Waals surface area contributed by atoms with Gasteiger partial charge in [0.25, 0.3) is 0 Å².